The smallest absolute Gasteiger partial charge is 0.497 e. The number of furan rings is 1. The largest absolute Gasteiger partial charge is 0.738 e. The molecule has 8 bridgehead atoms. The van der Waals surface area contributed by atoms with Gasteiger partial charge in [0.15, 0.2) is 11.4 Å². The number of aromatic nitrogens is 3. The summed E-state index contributed by atoms with van der Waals surface area (Å²) in [6.45, 7) is -0.275. The number of fused-ring (bicyclic) bond motifs is 6. The van der Waals surface area contributed by atoms with Gasteiger partial charge in [-0.25, -0.2) is 0 Å². The first-order chi connectivity index (χ1) is 25.8. The van der Waals surface area contributed by atoms with E-state index in [0.29, 0.717) is 55.6 Å². The number of nitrogens with one attached hydrogen (secondary N) is 2. The Bertz CT molecular complexity index is 3070. The number of aromatic amines is 2. The minimum Gasteiger partial charge on any atom is -0.497 e. The van der Waals surface area contributed by atoms with Gasteiger partial charge in [0.1, 0.15) is 22.6 Å². The summed E-state index contributed by atoms with van der Waals surface area (Å²) in [5.74, 6) is 2.00. The molecule has 53 heavy (non-hydrogen) atoms. The van der Waals surface area contributed by atoms with Gasteiger partial charge in [0.25, 0.3) is 0 Å². The van der Waals surface area contributed by atoms with E-state index in [2.05, 4.69) is 72.3 Å². The van der Waals surface area contributed by atoms with E-state index >= 15 is 8.63 Å². The predicted octanol–water partition coefficient (Wildman–Crippen LogP) is 5.72. The molecule has 4 aromatic heterocycles. The average Bonchev–Trinajstić information content (AvgIpc) is 4.01. The summed E-state index contributed by atoms with van der Waals surface area (Å²) in [6, 6.07) is 39.3. The van der Waals surface area contributed by atoms with Crippen molar-refractivity contribution in [1.29, 1.82) is 0 Å². The van der Waals surface area contributed by atoms with Crippen molar-refractivity contribution in [1.82, 2.24) is 14.4 Å². The molecule has 6 nitrogen and oxygen atoms in total. The minimum atomic E-state index is -4.38. The zero-order valence-corrected chi connectivity index (χ0v) is 29.2. The van der Waals surface area contributed by atoms with Crippen molar-refractivity contribution in [2.75, 3.05) is 7.11 Å². The standard InChI is InChI=1S/C44H33BF2N4O2/c1-26-4-8-28(9-5-26)42-34-18-16-32(48-34)36-20-22-38-44(30-12-14-31(52-3)15-13-30)39-23-21-37(51(39)45(46,47)50(36)38)33-17-19-35(49-33)43(41-25-24-40(42)53-41)29-10-6-27(2)7-11-29/h4-25,48-49H,1-3H3. The molecule has 2 N–H and O–H groups in total. The normalized spacial score (nSPS) is 15.5. The summed E-state index contributed by atoms with van der Waals surface area (Å²) in [6.07, 6.45) is 3.58. The van der Waals surface area contributed by atoms with Crippen LogP contribution in [0.1, 0.15) is 39.3 Å². The van der Waals surface area contributed by atoms with Crippen LogP contribution in [0.15, 0.2) is 138 Å². The van der Waals surface area contributed by atoms with Crippen molar-refractivity contribution in [2.24, 2.45) is 0 Å². The molecule has 7 heterocycles. The van der Waals surface area contributed by atoms with Crippen LogP contribution in [0.4, 0.5) is 8.63 Å². The Hall–Kier alpha value is -6.61. The molecule has 10 rings (SSSR count). The molecule has 0 saturated heterocycles. The average molecular weight is 699 g/mol. The number of benzene rings is 3. The number of methoxy groups -OCH3 is 1. The summed E-state index contributed by atoms with van der Waals surface area (Å²) in [5, 5.41) is 3.45. The number of hydrogen-bond donors (Lipinski definition) is 2. The number of hydrogen-bond acceptors (Lipinski definition) is 2. The lowest BCUT2D eigenvalue weighted by Gasteiger charge is -2.29. The topological polar surface area (TPSA) is 61.9 Å². The quantitative estimate of drug-likeness (QED) is 0.231. The molecule has 7 aromatic rings. The number of ether oxygens (including phenoxy) is 1. The van der Waals surface area contributed by atoms with Crippen molar-refractivity contribution >= 4 is 35.1 Å². The lowest BCUT2D eigenvalue weighted by Crippen LogP contribution is -2.56. The highest BCUT2D eigenvalue weighted by molar-refractivity contribution is 6.59. The van der Waals surface area contributed by atoms with Gasteiger partial charge in [-0.1, -0.05) is 71.8 Å². The van der Waals surface area contributed by atoms with Crippen LogP contribution in [0, 0.1) is 24.5 Å². The number of rotatable bonds is 4. The highest BCUT2D eigenvalue weighted by atomic mass is 19.2. The zero-order valence-electron chi connectivity index (χ0n) is 29.2. The molecule has 0 saturated carbocycles. The zero-order chi connectivity index (χ0) is 36.0. The Balaban J connectivity index is 1.40. The molecule has 3 aromatic carbocycles. The van der Waals surface area contributed by atoms with Crippen LogP contribution >= 0.6 is 0 Å². The number of aryl methyl sites for hydroxylation is 2. The molecule has 0 amide bonds. The van der Waals surface area contributed by atoms with Crippen molar-refractivity contribution in [3.63, 3.8) is 0 Å². The maximum absolute atomic E-state index is 17.6. The molecule has 0 aliphatic carbocycles. The van der Waals surface area contributed by atoms with E-state index in [1.165, 1.54) is 8.96 Å². The Morgan fingerprint density at radius 3 is 1.68 bits per heavy atom. The van der Waals surface area contributed by atoms with Crippen LogP contribution < -0.4 is 26.1 Å². The van der Waals surface area contributed by atoms with Crippen LogP contribution in [-0.2, 0) is 0 Å². The fraction of sp³-hybridized carbons (Fsp3) is 0.0682. The van der Waals surface area contributed by atoms with E-state index < -0.39 is 6.97 Å². The SMILES string of the molecule is COc1ccc(C2=c3ccc4n3[B-](F)(F)[N+]3=C2C=CC3=c2ccc([nH]2)=C(c2ccc(C)cc2)c2ccc(o2)C(c2ccc(C)cc2)=c2ccc=4[nH]2)cc1. The molecule has 3 aliphatic rings. The molecule has 3 aliphatic heterocycles. The molecular formula is C44H33BF2N4O2. The Morgan fingerprint density at radius 2 is 1.08 bits per heavy atom. The second-order valence-corrected chi connectivity index (χ2v) is 13.9. The van der Waals surface area contributed by atoms with Gasteiger partial charge >= 0.3 is 6.97 Å². The number of nitrogens with zero attached hydrogens (tertiary/aromatic N) is 2. The van der Waals surface area contributed by atoms with Crippen molar-refractivity contribution in [2.45, 2.75) is 13.8 Å². The third kappa shape index (κ3) is 4.73. The van der Waals surface area contributed by atoms with Gasteiger partial charge in [0.2, 0.25) is 0 Å². The molecule has 0 fully saturated rings. The van der Waals surface area contributed by atoms with Gasteiger partial charge in [-0.05, 0) is 91.2 Å². The van der Waals surface area contributed by atoms with Gasteiger partial charge in [-0.15, -0.1) is 0 Å². The van der Waals surface area contributed by atoms with Crippen molar-refractivity contribution < 1.29 is 22.3 Å². The van der Waals surface area contributed by atoms with Crippen LogP contribution in [0.5, 0.6) is 5.75 Å². The van der Waals surface area contributed by atoms with Crippen LogP contribution in [0.25, 0.3) is 22.4 Å². The molecule has 9 heteroatoms. The van der Waals surface area contributed by atoms with E-state index in [4.69, 9.17) is 9.15 Å². The summed E-state index contributed by atoms with van der Waals surface area (Å²) in [5.41, 5.74) is 8.12. The fourth-order valence-corrected chi connectivity index (χ4v) is 8.00. The Labute approximate surface area is 302 Å². The molecular weight excluding hydrogens is 665 g/mol. The van der Waals surface area contributed by atoms with Crippen LogP contribution in [0.2, 0.25) is 0 Å². The monoisotopic (exact) mass is 698 g/mol. The lowest BCUT2D eigenvalue weighted by molar-refractivity contribution is -0.318. The molecule has 0 radical (unpaired) electrons. The van der Waals surface area contributed by atoms with E-state index in [9.17, 15) is 0 Å². The van der Waals surface area contributed by atoms with E-state index in [-0.39, 0.29) is 0 Å². The van der Waals surface area contributed by atoms with Crippen molar-refractivity contribution in [3.8, 4) is 5.75 Å². The third-order valence-corrected chi connectivity index (χ3v) is 10.6. The first-order valence-electron chi connectivity index (χ1n) is 17.6. The predicted molar refractivity (Wildman–Crippen MR) is 203 cm³/mol. The van der Waals surface area contributed by atoms with E-state index in [0.717, 1.165) is 49.7 Å². The first kappa shape index (κ1) is 31.2. The highest BCUT2D eigenvalue weighted by Crippen LogP contribution is 2.32. The second kappa shape index (κ2) is 11.5. The fourth-order valence-electron chi connectivity index (χ4n) is 8.00. The second-order valence-electron chi connectivity index (χ2n) is 13.9. The van der Waals surface area contributed by atoms with Gasteiger partial charge in [0.05, 0.1) is 28.7 Å². The summed E-state index contributed by atoms with van der Waals surface area (Å²) < 4.78 is 49.8. The van der Waals surface area contributed by atoms with Crippen LogP contribution in [0.3, 0.4) is 0 Å². The first-order valence-corrected chi connectivity index (χ1v) is 17.6. The summed E-state index contributed by atoms with van der Waals surface area (Å²) >= 11 is 0. The molecule has 0 spiro atoms. The summed E-state index contributed by atoms with van der Waals surface area (Å²) in [4.78, 5) is 7.07. The van der Waals surface area contributed by atoms with Gasteiger partial charge < -0.3 is 36.7 Å². The lowest BCUT2D eigenvalue weighted by atomic mass is 9.88. The van der Waals surface area contributed by atoms with Gasteiger partial charge in [-0.2, -0.15) is 0 Å². The van der Waals surface area contributed by atoms with Crippen molar-refractivity contribution in [3.05, 3.63) is 205 Å². The molecule has 0 unspecified atom stereocenters. The Kier molecular flexibility index (Phi) is 6.73. The van der Waals surface area contributed by atoms with Gasteiger partial charge in [0, 0.05) is 34.0 Å². The maximum atomic E-state index is 17.6. The van der Waals surface area contributed by atoms with Crippen LogP contribution in [-0.4, -0.2) is 38.7 Å². The highest BCUT2D eigenvalue weighted by Gasteiger charge is 2.53. The van der Waals surface area contributed by atoms with Gasteiger partial charge in [-0.3, -0.25) is 0 Å². The van der Waals surface area contributed by atoms with E-state index in [1.807, 2.05) is 60.7 Å². The number of H-pyrrole nitrogens is 2. The summed E-state index contributed by atoms with van der Waals surface area (Å²) in [7, 11) is 1.61. The molecule has 258 valence electrons. The molecule has 0 atom stereocenters. The Morgan fingerprint density at radius 1 is 0.566 bits per heavy atom. The maximum Gasteiger partial charge on any atom is 0.738 e. The number of halogens is 2. The van der Waals surface area contributed by atoms with E-state index in [1.54, 1.807) is 31.4 Å². The minimum absolute atomic E-state index is 0.380. The third-order valence-electron chi connectivity index (χ3n) is 10.6. The number of allylic oxidation sites excluding steroid dienone is 1.